The summed E-state index contributed by atoms with van der Waals surface area (Å²) in [6, 6.07) is 0.297. The summed E-state index contributed by atoms with van der Waals surface area (Å²) in [5, 5.41) is 9.64. The Morgan fingerprint density at radius 2 is 2.40 bits per heavy atom. The van der Waals surface area contributed by atoms with Gasteiger partial charge in [0, 0.05) is 32.4 Å². The van der Waals surface area contributed by atoms with Gasteiger partial charge in [0.05, 0.1) is 12.2 Å². The smallest absolute Gasteiger partial charge is 0.0957 e. The first-order valence-corrected chi connectivity index (χ1v) is 5.26. The molecule has 3 atom stereocenters. The molecule has 1 fully saturated rings. The van der Waals surface area contributed by atoms with Gasteiger partial charge in [-0.05, 0) is 13.3 Å². The van der Waals surface area contributed by atoms with Crippen LogP contribution in [0, 0.1) is 0 Å². The number of aliphatic hydroxyl groups is 1. The van der Waals surface area contributed by atoms with Crippen LogP contribution >= 0.6 is 0 Å². The van der Waals surface area contributed by atoms with Crippen LogP contribution in [0.1, 0.15) is 13.3 Å². The fourth-order valence-corrected chi connectivity index (χ4v) is 1.85. The van der Waals surface area contributed by atoms with Gasteiger partial charge in [0.2, 0.25) is 0 Å². The first-order chi connectivity index (χ1) is 7.19. The van der Waals surface area contributed by atoms with Crippen LogP contribution in [0.25, 0.3) is 0 Å². The molecule has 1 heterocycles. The average molecular weight is 215 g/mol. The number of hydrazine groups is 1. The van der Waals surface area contributed by atoms with Gasteiger partial charge in [-0.1, -0.05) is 6.08 Å². The van der Waals surface area contributed by atoms with Gasteiger partial charge in [-0.2, -0.15) is 0 Å². The summed E-state index contributed by atoms with van der Waals surface area (Å²) >= 11 is 0. The number of nitrogens with zero attached hydrogens (tertiary/aromatic N) is 1. The number of rotatable bonds is 4. The van der Waals surface area contributed by atoms with Crippen molar-refractivity contribution in [3.63, 3.8) is 0 Å². The predicted octanol–water partition coefficient (Wildman–Crippen LogP) is -0.566. The highest BCUT2D eigenvalue weighted by molar-refractivity contribution is 4.93. The van der Waals surface area contributed by atoms with Crippen molar-refractivity contribution in [1.82, 2.24) is 10.3 Å². The van der Waals surface area contributed by atoms with Gasteiger partial charge in [-0.25, -0.2) is 0 Å². The minimum absolute atomic E-state index is 0.0829. The summed E-state index contributed by atoms with van der Waals surface area (Å²) in [5.41, 5.74) is 2.48. The van der Waals surface area contributed by atoms with E-state index in [-0.39, 0.29) is 12.2 Å². The van der Waals surface area contributed by atoms with Crippen molar-refractivity contribution in [2.24, 2.45) is 5.84 Å². The first kappa shape index (κ1) is 12.4. The van der Waals surface area contributed by atoms with E-state index >= 15 is 0 Å². The maximum absolute atomic E-state index is 9.64. The Labute approximate surface area is 90.9 Å². The Kier molecular flexibility index (Phi) is 5.04. The average Bonchev–Trinajstić information content (AvgIpc) is 2.26. The summed E-state index contributed by atoms with van der Waals surface area (Å²) in [6.45, 7) is 3.74. The van der Waals surface area contributed by atoms with Gasteiger partial charge in [-0.3, -0.25) is 10.7 Å². The highest BCUT2D eigenvalue weighted by atomic mass is 16.5. The zero-order chi connectivity index (χ0) is 11.3. The van der Waals surface area contributed by atoms with E-state index in [9.17, 15) is 5.11 Å². The van der Waals surface area contributed by atoms with Gasteiger partial charge in [0.1, 0.15) is 0 Å². The Hall–Kier alpha value is -0.620. The van der Waals surface area contributed by atoms with E-state index < -0.39 is 0 Å². The van der Waals surface area contributed by atoms with E-state index in [0.29, 0.717) is 6.04 Å². The lowest BCUT2D eigenvalue weighted by molar-refractivity contribution is -0.0647. The Morgan fingerprint density at radius 1 is 1.67 bits per heavy atom. The largest absolute Gasteiger partial charge is 0.390 e. The van der Waals surface area contributed by atoms with Crippen molar-refractivity contribution in [2.75, 3.05) is 20.2 Å². The van der Waals surface area contributed by atoms with Crippen LogP contribution in [0.15, 0.2) is 12.3 Å². The Morgan fingerprint density at radius 3 is 3.00 bits per heavy atom. The second-order valence-electron chi connectivity index (χ2n) is 3.89. The number of methoxy groups -OCH3 is 1. The normalized spacial score (nSPS) is 30.7. The van der Waals surface area contributed by atoms with Gasteiger partial charge in [0.25, 0.3) is 0 Å². The van der Waals surface area contributed by atoms with E-state index in [1.807, 2.05) is 6.08 Å². The third kappa shape index (κ3) is 3.46. The molecule has 5 nitrogen and oxygen atoms in total. The van der Waals surface area contributed by atoms with Crippen molar-refractivity contribution >= 4 is 0 Å². The molecule has 0 bridgehead atoms. The number of aliphatic hydroxyl groups excluding tert-OH is 1. The standard InChI is InChI=1S/C10H21N3O2/c1-8(3-5-12-11)13-6-4-9(14)10(7-13)15-2/h3,5,8-10,12,14H,4,6-7,11H2,1-2H3/b5-3-. The molecule has 0 aromatic rings. The number of ether oxygens (including phenoxy) is 1. The zero-order valence-electron chi connectivity index (χ0n) is 9.39. The van der Waals surface area contributed by atoms with E-state index in [1.54, 1.807) is 13.3 Å². The molecular weight excluding hydrogens is 194 g/mol. The second kappa shape index (κ2) is 6.07. The summed E-state index contributed by atoms with van der Waals surface area (Å²) < 4.78 is 5.23. The van der Waals surface area contributed by atoms with Crippen LogP contribution in [0.2, 0.25) is 0 Å². The number of hydrogen-bond acceptors (Lipinski definition) is 5. The van der Waals surface area contributed by atoms with E-state index in [2.05, 4.69) is 17.2 Å². The molecule has 1 saturated heterocycles. The predicted molar refractivity (Wildman–Crippen MR) is 58.9 cm³/mol. The number of nitrogens with two attached hydrogens (primary N) is 1. The van der Waals surface area contributed by atoms with Gasteiger partial charge >= 0.3 is 0 Å². The molecule has 0 spiro atoms. The van der Waals surface area contributed by atoms with Crippen molar-refractivity contribution in [3.05, 3.63) is 12.3 Å². The van der Waals surface area contributed by atoms with Crippen LogP contribution in [-0.2, 0) is 4.74 Å². The number of hydrogen-bond donors (Lipinski definition) is 3. The molecule has 0 aliphatic carbocycles. The molecule has 15 heavy (non-hydrogen) atoms. The van der Waals surface area contributed by atoms with Gasteiger partial charge in [-0.15, -0.1) is 0 Å². The molecule has 0 radical (unpaired) electrons. The fourth-order valence-electron chi connectivity index (χ4n) is 1.85. The van der Waals surface area contributed by atoms with Crippen molar-refractivity contribution < 1.29 is 9.84 Å². The summed E-state index contributed by atoms with van der Waals surface area (Å²) in [5.74, 6) is 5.16. The van der Waals surface area contributed by atoms with E-state index in [1.165, 1.54) is 0 Å². The SMILES string of the molecule is COC1CN(C(C)/C=C\NN)CCC1O. The fraction of sp³-hybridized carbons (Fsp3) is 0.800. The topological polar surface area (TPSA) is 70.8 Å². The summed E-state index contributed by atoms with van der Waals surface area (Å²) in [4.78, 5) is 2.26. The molecule has 0 amide bonds. The highest BCUT2D eigenvalue weighted by Gasteiger charge is 2.28. The molecular formula is C10H21N3O2. The van der Waals surface area contributed by atoms with E-state index in [4.69, 9.17) is 10.6 Å². The molecule has 5 heteroatoms. The minimum atomic E-state index is -0.338. The maximum atomic E-state index is 9.64. The lowest BCUT2D eigenvalue weighted by atomic mass is 10.0. The lowest BCUT2D eigenvalue weighted by Gasteiger charge is -2.37. The molecule has 1 aliphatic rings. The molecule has 1 aliphatic heterocycles. The number of nitrogens with one attached hydrogen (secondary N) is 1. The van der Waals surface area contributed by atoms with Crippen LogP contribution in [0.3, 0.4) is 0 Å². The van der Waals surface area contributed by atoms with Crippen LogP contribution in [0.5, 0.6) is 0 Å². The quantitative estimate of drug-likeness (QED) is 0.433. The number of piperidine rings is 1. The van der Waals surface area contributed by atoms with E-state index in [0.717, 1.165) is 19.5 Å². The lowest BCUT2D eigenvalue weighted by Crippen LogP contribution is -2.50. The monoisotopic (exact) mass is 215 g/mol. The Balaban J connectivity index is 2.46. The molecule has 0 aromatic heterocycles. The first-order valence-electron chi connectivity index (χ1n) is 5.26. The second-order valence-corrected chi connectivity index (χ2v) is 3.89. The third-order valence-electron chi connectivity index (χ3n) is 2.91. The van der Waals surface area contributed by atoms with Crippen molar-refractivity contribution in [2.45, 2.75) is 31.6 Å². The van der Waals surface area contributed by atoms with Crippen LogP contribution in [0.4, 0.5) is 0 Å². The minimum Gasteiger partial charge on any atom is -0.390 e. The molecule has 0 aromatic carbocycles. The van der Waals surface area contributed by atoms with Crippen molar-refractivity contribution in [1.29, 1.82) is 0 Å². The summed E-state index contributed by atoms with van der Waals surface area (Å²) in [7, 11) is 1.64. The van der Waals surface area contributed by atoms with Crippen LogP contribution in [-0.4, -0.2) is 48.5 Å². The molecule has 1 rings (SSSR count). The van der Waals surface area contributed by atoms with Gasteiger partial charge < -0.3 is 15.3 Å². The summed E-state index contributed by atoms with van der Waals surface area (Å²) in [6.07, 6.45) is 4.05. The third-order valence-corrected chi connectivity index (χ3v) is 2.91. The molecule has 0 saturated carbocycles. The maximum Gasteiger partial charge on any atom is 0.0957 e. The van der Waals surface area contributed by atoms with Crippen molar-refractivity contribution in [3.8, 4) is 0 Å². The molecule has 3 unspecified atom stereocenters. The molecule has 4 N–H and O–H groups in total. The molecule has 88 valence electrons. The zero-order valence-corrected chi connectivity index (χ0v) is 9.39. The number of likely N-dealkylation sites (tertiary alicyclic amines) is 1. The van der Waals surface area contributed by atoms with Gasteiger partial charge in [0.15, 0.2) is 0 Å². The Bertz CT molecular complexity index is 211. The highest BCUT2D eigenvalue weighted by Crippen LogP contribution is 2.16. The van der Waals surface area contributed by atoms with Crippen LogP contribution < -0.4 is 11.3 Å².